The highest BCUT2D eigenvalue weighted by Crippen LogP contribution is 2.16. The maximum Gasteiger partial charge on any atom is 0.251 e. The first-order chi connectivity index (χ1) is 12.0. The first-order valence-electron chi connectivity index (χ1n) is 7.87. The van der Waals surface area contributed by atoms with Gasteiger partial charge in [-0.3, -0.25) is 9.59 Å². The molecule has 0 aromatic heterocycles. The third kappa shape index (κ3) is 6.11. The first kappa shape index (κ1) is 19.3. The zero-order chi connectivity index (χ0) is 18.2. The van der Waals surface area contributed by atoms with E-state index in [1.54, 1.807) is 42.9 Å². The second-order valence-electron chi connectivity index (χ2n) is 5.65. The standard InChI is InChI=1S/C19H21ClN2O2S/c1-21-19(24)16-7-3-14(4-8-16)11-22(2)18(23)13-25-12-15-5-9-17(20)10-6-15/h3-10H,11-13H2,1-2H3,(H,21,24). The van der Waals surface area contributed by atoms with E-state index < -0.39 is 0 Å². The Morgan fingerprint density at radius 3 is 2.24 bits per heavy atom. The van der Waals surface area contributed by atoms with E-state index in [4.69, 9.17) is 11.6 Å². The summed E-state index contributed by atoms with van der Waals surface area (Å²) in [6.45, 7) is 0.522. The number of halogens is 1. The molecule has 132 valence electrons. The van der Waals surface area contributed by atoms with Crippen molar-refractivity contribution in [2.24, 2.45) is 0 Å². The predicted octanol–water partition coefficient (Wildman–Crippen LogP) is 3.59. The number of hydrogen-bond donors (Lipinski definition) is 1. The molecule has 4 nitrogen and oxygen atoms in total. The van der Waals surface area contributed by atoms with Crippen LogP contribution < -0.4 is 5.32 Å². The summed E-state index contributed by atoms with van der Waals surface area (Å²) in [7, 11) is 3.39. The van der Waals surface area contributed by atoms with Crippen LogP contribution in [0.2, 0.25) is 5.02 Å². The van der Waals surface area contributed by atoms with Crippen LogP contribution in [-0.2, 0) is 17.1 Å². The van der Waals surface area contributed by atoms with E-state index in [0.29, 0.717) is 22.9 Å². The van der Waals surface area contributed by atoms with Crippen LogP contribution in [0.4, 0.5) is 0 Å². The Morgan fingerprint density at radius 1 is 1.04 bits per heavy atom. The Labute approximate surface area is 157 Å². The molecule has 0 aliphatic heterocycles. The number of rotatable bonds is 7. The van der Waals surface area contributed by atoms with Crippen LogP contribution in [0.25, 0.3) is 0 Å². The van der Waals surface area contributed by atoms with Gasteiger partial charge in [-0.05, 0) is 35.4 Å². The maximum absolute atomic E-state index is 12.2. The van der Waals surface area contributed by atoms with Crippen molar-refractivity contribution >= 4 is 35.2 Å². The molecule has 0 saturated carbocycles. The van der Waals surface area contributed by atoms with Gasteiger partial charge in [-0.15, -0.1) is 11.8 Å². The van der Waals surface area contributed by atoms with Crippen LogP contribution in [0, 0.1) is 0 Å². The zero-order valence-electron chi connectivity index (χ0n) is 14.3. The molecule has 0 unspecified atom stereocenters. The number of carbonyl (C=O) groups excluding carboxylic acids is 2. The second-order valence-corrected chi connectivity index (χ2v) is 7.07. The van der Waals surface area contributed by atoms with Crippen LogP contribution in [0.15, 0.2) is 48.5 Å². The number of carbonyl (C=O) groups is 2. The maximum atomic E-state index is 12.2. The molecule has 2 amide bonds. The molecule has 0 aliphatic rings. The van der Waals surface area contributed by atoms with Gasteiger partial charge in [0.25, 0.3) is 5.91 Å². The topological polar surface area (TPSA) is 49.4 Å². The van der Waals surface area contributed by atoms with E-state index in [-0.39, 0.29) is 11.8 Å². The molecule has 0 radical (unpaired) electrons. The summed E-state index contributed by atoms with van der Waals surface area (Å²) in [4.78, 5) is 25.5. The third-order valence-corrected chi connectivity index (χ3v) is 4.94. The second kappa shape index (κ2) is 9.49. The van der Waals surface area contributed by atoms with Crippen LogP contribution in [0.1, 0.15) is 21.5 Å². The molecule has 0 saturated heterocycles. The monoisotopic (exact) mass is 376 g/mol. The number of amides is 2. The molecule has 0 bridgehead atoms. The normalized spacial score (nSPS) is 10.4. The SMILES string of the molecule is CNC(=O)c1ccc(CN(C)C(=O)CSCc2ccc(Cl)cc2)cc1. The Hall–Kier alpha value is -1.98. The molecular weight excluding hydrogens is 356 g/mol. The molecule has 0 heterocycles. The number of thioether (sulfide) groups is 1. The number of nitrogens with zero attached hydrogens (tertiary/aromatic N) is 1. The average molecular weight is 377 g/mol. The van der Waals surface area contributed by atoms with E-state index in [0.717, 1.165) is 16.9 Å². The van der Waals surface area contributed by atoms with Gasteiger partial charge in [-0.25, -0.2) is 0 Å². The smallest absolute Gasteiger partial charge is 0.251 e. The highest BCUT2D eigenvalue weighted by atomic mass is 35.5. The van der Waals surface area contributed by atoms with Gasteiger partial charge in [0.2, 0.25) is 5.91 Å². The molecular formula is C19H21ClN2O2S. The summed E-state index contributed by atoms with van der Waals surface area (Å²) >= 11 is 7.44. The van der Waals surface area contributed by atoms with Crippen LogP contribution in [-0.4, -0.2) is 36.6 Å². The summed E-state index contributed by atoms with van der Waals surface area (Å²) < 4.78 is 0. The number of hydrogen-bond acceptors (Lipinski definition) is 3. The molecule has 0 fully saturated rings. The lowest BCUT2D eigenvalue weighted by Gasteiger charge is -2.17. The van der Waals surface area contributed by atoms with Crippen molar-refractivity contribution in [3.8, 4) is 0 Å². The van der Waals surface area contributed by atoms with Gasteiger partial charge in [0.1, 0.15) is 0 Å². The number of nitrogens with one attached hydrogen (secondary N) is 1. The molecule has 25 heavy (non-hydrogen) atoms. The minimum Gasteiger partial charge on any atom is -0.355 e. The van der Waals surface area contributed by atoms with Crippen molar-refractivity contribution in [3.63, 3.8) is 0 Å². The highest BCUT2D eigenvalue weighted by molar-refractivity contribution is 7.99. The van der Waals surface area contributed by atoms with Gasteiger partial charge < -0.3 is 10.2 Å². The van der Waals surface area contributed by atoms with E-state index in [9.17, 15) is 9.59 Å². The predicted molar refractivity (Wildman–Crippen MR) is 104 cm³/mol. The van der Waals surface area contributed by atoms with E-state index in [1.165, 1.54) is 0 Å². The molecule has 1 N–H and O–H groups in total. The van der Waals surface area contributed by atoms with Gasteiger partial charge in [0.15, 0.2) is 0 Å². The van der Waals surface area contributed by atoms with E-state index in [1.807, 2.05) is 36.4 Å². The molecule has 6 heteroatoms. The highest BCUT2D eigenvalue weighted by Gasteiger charge is 2.10. The quantitative estimate of drug-likeness (QED) is 0.803. The minimum absolute atomic E-state index is 0.0781. The van der Waals surface area contributed by atoms with E-state index in [2.05, 4.69) is 5.32 Å². The summed E-state index contributed by atoms with van der Waals surface area (Å²) in [5.74, 6) is 1.16. The van der Waals surface area contributed by atoms with Crippen molar-refractivity contribution in [3.05, 3.63) is 70.2 Å². The molecule has 2 aromatic rings. The lowest BCUT2D eigenvalue weighted by molar-refractivity contribution is -0.127. The lowest BCUT2D eigenvalue weighted by Crippen LogP contribution is -2.27. The van der Waals surface area contributed by atoms with Crippen molar-refractivity contribution in [1.82, 2.24) is 10.2 Å². The molecule has 0 aliphatic carbocycles. The minimum atomic E-state index is -0.116. The Morgan fingerprint density at radius 2 is 1.64 bits per heavy atom. The van der Waals surface area contributed by atoms with Crippen LogP contribution >= 0.6 is 23.4 Å². The van der Waals surface area contributed by atoms with Crippen LogP contribution in [0.3, 0.4) is 0 Å². The lowest BCUT2D eigenvalue weighted by atomic mass is 10.1. The van der Waals surface area contributed by atoms with Crippen molar-refractivity contribution in [2.75, 3.05) is 19.8 Å². The van der Waals surface area contributed by atoms with Crippen LogP contribution in [0.5, 0.6) is 0 Å². The molecule has 2 rings (SSSR count). The Kier molecular flexibility index (Phi) is 7.34. The fraction of sp³-hybridized carbons (Fsp3) is 0.263. The van der Waals surface area contributed by atoms with Gasteiger partial charge in [-0.1, -0.05) is 35.9 Å². The largest absolute Gasteiger partial charge is 0.355 e. The van der Waals surface area contributed by atoms with Gasteiger partial charge in [0.05, 0.1) is 5.75 Å². The third-order valence-electron chi connectivity index (χ3n) is 3.70. The summed E-state index contributed by atoms with van der Waals surface area (Å²) in [6.07, 6.45) is 0. The summed E-state index contributed by atoms with van der Waals surface area (Å²) in [6, 6.07) is 14.9. The van der Waals surface area contributed by atoms with Gasteiger partial charge in [-0.2, -0.15) is 0 Å². The van der Waals surface area contributed by atoms with Crippen molar-refractivity contribution in [2.45, 2.75) is 12.3 Å². The van der Waals surface area contributed by atoms with Crippen molar-refractivity contribution < 1.29 is 9.59 Å². The summed E-state index contributed by atoms with van der Waals surface area (Å²) in [5, 5.41) is 3.30. The summed E-state index contributed by atoms with van der Waals surface area (Å²) in [5.41, 5.74) is 2.75. The first-order valence-corrected chi connectivity index (χ1v) is 9.40. The molecule has 0 spiro atoms. The van der Waals surface area contributed by atoms with Crippen molar-refractivity contribution in [1.29, 1.82) is 0 Å². The molecule has 0 atom stereocenters. The fourth-order valence-corrected chi connectivity index (χ4v) is 3.27. The Balaban J connectivity index is 1.79. The Bertz CT molecular complexity index is 717. The van der Waals surface area contributed by atoms with Gasteiger partial charge in [0, 0.05) is 37.0 Å². The fourth-order valence-electron chi connectivity index (χ4n) is 2.21. The van der Waals surface area contributed by atoms with E-state index >= 15 is 0 Å². The zero-order valence-corrected chi connectivity index (χ0v) is 15.9. The molecule has 2 aromatic carbocycles. The average Bonchev–Trinajstić information content (AvgIpc) is 2.63. The van der Waals surface area contributed by atoms with Gasteiger partial charge >= 0.3 is 0 Å². The number of benzene rings is 2.